The van der Waals surface area contributed by atoms with Crippen LogP contribution in [-0.2, 0) is 10.9 Å². The van der Waals surface area contributed by atoms with E-state index >= 15 is 0 Å². The van der Waals surface area contributed by atoms with Gasteiger partial charge in [0.15, 0.2) is 5.78 Å². The van der Waals surface area contributed by atoms with Gasteiger partial charge in [-0.1, -0.05) is 6.92 Å². The summed E-state index contributed by atoms with van der Waals surface area (Å²) in [5, 5.41) is 0. The Morgan fingerprint density at radius 1 is 1.38 bits per heavy atom. The molecule has 116 valence electrons. The highest BCUT2D eigenvalue weighted by atomic mass is 19.4. The predicted octanol–water partition coefficient (Wildman–Crippen LogP) is 3.88. The van der Waals surface area contributed by atoms with Gasteiger partial charge in [0.25, 0.3) is 0 Å². The molecule has 0 radical (unpaired) electrons. The summed E-state index contributed by atoms with van der Waals surface area (Å²) >= 11 is 0. The average Bonchev–Trinajstić information content (AvgIpc) is 2.47. The Labute approximate surface area is 121 Å². The van der Waals surface area contributed by atoms with Crippen molar-refractivity contribution in [1.82, 2.24) is 4.98 Å². The lowest BCUT2D eigenvalue weighted by Gasteiger charge is -2.37. The van der Waals surface area contributed by atoms with Crippen molar-refractivity contribution in [2.24, 2.45) is 5.92 Å². The number of pyridine rings is 1. The number of Topliss-reactive ketones (excluding diaryl/α,β-unsaturated/α-hetero) is 1. The number of hydrogen-bond acceptors (Lipinski definition) is 3. The van der Waals surface area contributed by atoms with Gasteiger partial charge in [0, 0.05) is 19.5 Å². The number of ketones is 1. The first kappa shape index (κ1) is 15.9. The third-order valence-corrected chi connectivity index (χ3v) is 4.26. The molecule has 1 saturated carbocycles. The summed E-state index contributed by atoms with van der Waals surface area (Å²) in [7, 11) is 1.39. The quantitative estimate of drug-likeness (QED) is 0.795. The minimum atomic E-state index is -4.58. The molecule has 1 heterocycles. The summed E-state index contributed by atoms with van der Waals surface area (Å²) in [4.78, 5) is 16.3. The van der Waals surface area contributed by atoms with Crippen molar-refractivity contribution >= 4 is 5.78 Å². The lowest BCUT2D eigenvalue weighted by atomic mass is 9.75. The molecule has 1 aliphatic rings. The maximum Gasteiger partial charge on any atom is 0.417 e. The van der Waals surface area contributed by atoms with Gasteiger partial charge in [-0.15, -0.1) is 0 Å². The molecule has 0 unspecified atom stereocenters. The standard InChI is InChI=1S/C15H18F3NO2/c1-10-3-6-14(21-2,7-4-10)13(20)11-9-19-8-5-12(11)15(16,17)18/h5,8-10H,3-4,6-7H2,1-2H3. The van der Waals surface area contributed by atoms with Gasteiger partial charge in [-0.25, -0.2) is 0 Å². The van der Waals surface area contributed by atoms with Gasteiger partial charge in [0.1, 0.15) is 5.60 Å². The van der Waals surface area contributed by atoms with Gasteiger partial charge in [-0.05, 0) is 37.7 Å². The van der Waals surface area contributed by atoms with E-state index in [4.69, 9.17) is 4.74 Å². The van der Waals surface area contributed by atoms with Gasteiger partial charge in [0.05, 0.1) is 11.1 Å². The van der Waals surface area contributed by atoms with Crippen molar-refractivity contribution in [3.05, 3.63) is 29.6 Å². The van der Waals surface area contributed by atoms with Gasteiger partial charge < -0.3 is 4.74 Å². The van der Waals surface area contributed by atoms with E-state index in [-0.39, 0.29) is 0 Å². The highest BCUT2D eigenvalue weighted by Crippen LogP contribution is 2.39. The smallest absolute Gasteiger partial charge is 0.370 e. The molecule has 1 aromatic rings. The molecule has 0 atom stereocenters. The number of nitrogens with zero attached hydrogens (tertiary/aromatic N) is 1. The number of carbonyl (C=O) groups is 1. The van der Waals surface area contributed by atoms with Crippen molar-refractivity contribution in [2.45, 2.75) is 44.4 Å². The lowest BCUT2D eigenvalue weighted by Crippen LogP contribution is -2.44. The van der Waals surface area contributed by atoms with Crippen molar-refractivity contribution in [3.63, 3.8) is 0 Å². The van der Waals surface area contributed by atoms with E-state index in [1.54, 1.807) is 0 Å². The Kier molecular flexibility index (Phi) is 4.37. The summed E-state index contributed by atoms with van der Waals surface area (Å²) in [5.74, 6) is -0.158. The van der Waals surface area contributed by atoms with E-state index < -0.39 is 28.7 Å². The van der Waals surface area contributed by atoms with Gasteiger partial charge >= 0.3 is 6.18 Å². The zero-order valence-corrected chi connectivity index (χ0v) is 12.0. The molecule has 0 bridgehead atoms. The molecule has 0 N–H and O–H groups in total. The molecule has 3 nitrogen and oxygen atoms in total. The Balaban J connectivity index is 2.40. The largest absolute Gasteiger partial charge is 0.417 e. The summed E-state index contributed by atoms with van der Waals surface area (Å²) in [6.45, 7) is 2.06. The molecule has 1 aromatic heterocycles. The minimum Gasteiger partial charge on any atom is -0.370 e. The zero-order valence-electron chi connectivity index (χ0n) is 12.0. The van der Waals surface area contributed by atoms with Gasteiger partial charge in [-0.2, -0.15) is 13.2 Å². The molecule has 0 amide bonds. The number of hydrogen-bond donors (Lipinski definition) is 0. The van der Waals surface area contributed by atoms with Crippen LogP contribution in [0.15, 0.2) is 18.5 Å². The van der Waals surface area contributed by atoms with E-state index in [0.29, 0.717) is 18.8 Å². The first-order chi connectivity index (χ1) is 9.80. The van der Waals surface area contributed by atoms with Crippen molar-refractivity contribution in [2.75, 3.05) is 7.11 Å². The number of ether oxygens (including phenoxy) is 1. The van der Waals surface area contributed by atoms with Crippen LogP contribution in [-0.4, -0.2) is 23.5 Å². The minimum absolute atomic E-state index is 0.401. The summed E-state index contributed by atoms with van der Waals surface area (Å²) in [6, 6.07) is 0.835. The van der Waals surface area contributed by atoms with Gasteiger partial charge in [-0.3, -0.25) is 9.78 Å². The number of carbonyl (C=O) groups excluding carboxylic acids is 1. The lowest BCUT2D eigenvalue weighted by molar-refractivity contribution is -0.138. The molecular weight excluding hydrogens is 283 g/mol. The number of alkyl halides is 3. The van der Waals surface area contributed by atoms with Crippen molar-refractivity contribution in [3.8, 4) is 0 Å². The van der Waals surface area contributed by atoms with E-state index in [2.05, 4.69) is 11.9 Å². The van der Waals surface area contributed by atoms with Crippen LogP contribution in [0.1, 0.15) is 48.5 Å². The maximum absolute atomic E-state index is 13.0. The van der Waals surface area contributed by atoms with E-state index in [1.807, 2.05) is 0 Å². The molecule has 0 spiro atoms. The second kappa shape index (κ2) is 5.75. The molecule has 0 aliphatic heterocycles. The SMILES string of the molecule is COC1(C(=O)c2cnccc2C(F)(F)F)CCC(C)CC1. The second-order valence-electron chi connectivity index (χ2n) is 5.63. The maximum atomic E-state index is 13.0. The summed E-state index contributed by atoms with van der Waals surface area (Å²) < 4.78 is 44.5. The Morgan fingerprint density at radius 2 is 2.00 bits per heavy atom. The van der Waals surface area contributed by atoms with Crippen LogP contribution < -0.4 is 0 Å². The Bertz CT molecular complexity index is 520. The topological polar surface area (TPSA) is 39.2 Å². The Hall–Kier alpha value is -1.43. The van der Waals surface area contributed by atoms with Crippen molar-refractivity contribution < 1.29 is 22.7 Å². The second-order valence-corrected chi connectivity index (χ2v) is 5.63. The normalized spacial score (nSPS) is 26.6. The summed E-state index contributed by atoms with van der Waals surface area (Å²) in [5.41, 5.74) is -2.51. The number of halogens is 3. The molecule has 1 aliphatic carbocycles. The molecule has 21 heavy (non-hydrogen) atoms. The van der Waals surface area contributed by atoms with Crippen LogP contribution in [0.3, 0.4) is 0 Å². The third kappa shape index (κ3) is 3.10. The fraction of sp³-hybridized carbons (Fsp3) is 0.600. The van der Waals surface area contributed by atoms with Crippen molar-refractivity contribution in [1.29, 1.82) is 0 Å². The number of methoxy groups -OCH3 is 1. The average molecular weight is 301 g/mol. The van der Waals surface area contributed by atoms with Gasteiger partial charge in [0.2, 0.25) is 0 Å². The zero-order chi connectivity index (χ0) is 15.7. The highest BCUT2D eigenvalue weighted by molar-refractivity contribution is 6.03. The molecular formula is C15H18F3NO2. The summed E-state index contributed by atoms with van der Waals surface area (Å²) in [6.07, 6.45) is -0.134. The fourth-order valence-electron chi connectivity index (χ4n) is 2.82. The van der Waals surface area contributed by atoms with E-state index in [9.17, 15) is 18.0 Å². The van der Waals surface area contributed by atoms with Crippen LogP contribution in [0.2, 0.25) is 0 Å². The van der Waals surface area contributed by atoms with Crippen LogP contribution in [0.25, 0.3) is 0 Å². The number of rotatable bonds is 3. The molecule has 0 saturated heterocycles. The molecule has 1 fully saturated rings. The molecule has 0 aromatic carbocycles. The first-order valence-electron chi connectivity index (χ1n) is 6.91. The van der Waals surface area contributed by atoms with E-state index in [0.717, 1.165) is 31.3 Å². The third-order valence-electron chi connectivity index (χ3n) is 4.26. The van der Waals surface area contributed by atoms with Crippen LogP contribution in [0.5, 0.6) is 0 Å². The Morgan fingerprint density at radius 3 is 2.52 bits per heavy atom. The predicted molar refractivity (Wildman–Crippen MR) is 70.9 cm³/mol. The fourth-order valence-corrected chi connectivity index (χ4v) is 2.82. The first-order valence-corrected chi connectivity index (χ1v) is 6.91. The van der Waals surface area contributed by atoms with Crippen LogP contribution in [0.4, 0.5) is 13.2 Å². The van der Waals surface area contributed by atoms with E-state index in [1.165, 1.54) is 7.11 Å². The number of aromatic nitrogens is 1. The highest BCUT2D eigenvalue weighted by Gasteiger charge is 2.45. The van der Waals surface area contributed by atoms with Crippen LogP contribution in [0, 0.1) is 5.92 Å². The molecule has 2 rings (SSSR count). The molecule has 6 heteroatoms. The monoisotopic (exact) mass is 301 g/mol. The van der Waals surface area contributed by atoms with Crippen LogP contribution >= 0.6 is 0 Å².